The Bertz CT molecular complexity index is 1070. The Hall–Kier alpha value is -3.47. The molecule has 1 amide bonds. The second kappa shape index (κ2) is 6.52. The van der Waals surface area contributed by atoms with Crippen LogP contribution in [0.25, 0.3) is 0 Å². The van der Waals surface area contributed by atoms with Crippen LogP contribution < -0.4 is 10.2 Å². The van der Waals surface area contributed by atoms with Crippen LogP contribution in [0.5, 0.6) is 0 Å². The monoisotopic (exact) mass is 403 g/mol. The van der Waals surface area contributed by atoms with Crippen molar-refractivity contribution in [2.45, 2.75) is 37.5 Å². The van der Waals surface area contributed by atoms with Gasteiger partial charge < -0.3 is 10.4 Å². The second-order valence-electron chi connectivity index (χ2n) is 8.39. The molecule has 2 aliphatic carbocycles. The van der Waals surface area contributed by atoms with Gasteiger partial charge >= 0.3 is 5.97 Å². The number of nitrogens with zero attached hydrogens (tertiary/aromatic N) is 4. The predicted octanol–water partition coefficient (Wildman–Crippen LogP) is 2.99. The number of carbonyl (C=O) groups is 2. The molecule has 1 aliphatic heterocycles. The molecule has 0 bridgehead atoms. The van der Waals surface area contributed by atoms with Crippen molar-refractivity contribution in [2.75, 3.05) is 16.8 Å². The molecule has 3 fully saturated rings. The lowest BCUT2D eigenvalue weighted by Crippen LogP contribution is -2.35. The number of aromatic nitrogens is 2. The van der Waals surface area contributed by atoms with Crippen LogP contribution in [0.2, 0.25) is 0 Å². The number of hydrogen-bond acceptors (Lipinski definition) is 6. The van der Waals surface area contributed by atoms with E-state index in [0.29, 0.717) is 37.6 Å². The summed E-state index contributed by atoms with van der Waals surface area (Å²) >= 11 is 0. The molecule has 2 heterocycles. The van der Waals surface area contributed by atoms with Gasteiger partial charge in [-0.1, -0.05) is 12.1 Å². The number of hydrogen-bond donors (Lipinski definition) is 2. The van der Waals surface area contributed by atoms with Crippen LogP contribution in [-0.2, 0) is 15.0 Å². The molecule has 8 nitrogen and oxygen atoms in total. The predicted molar refractivity (Wildman–Crippen MR) is 108 cm³/mol. The fourth-order valence-electron chi connectivity index (χ4n) is 4.42. The molecule has 0 unspecified atom stereocenters. The zero-order chi connectivity index (χ0) is 20.9. The van der Waals surface area contributed by atoms with Crippen molar-refractivity contribution in [2.24, 2.45) is 11.3 Å². The lowest BCUT2D eigenvalue weighted by Gasteiger charge is -2.20. The molecule has 3 aliphatic rings. The van der Waals surface area contributed by atoms with Crippen molar-refractivity contribution in [3.8, 4) is 6.07 Å². The summed E-state index contributed by atoms with van der Waals surface area (Å²) in [5.74, 6) is 0.0422. The summed E-state index contributed by atoms with van der Waals surface area (Å²) in [6.07, 6.45) is 5.31. The Labute approximate surface area is 173 Å². The molecule has 2 aromatic rings. The Morgan fingerprint density at radius 1 is 1.20 bits per heavy atom. The maximum absolute atomic E-state index is 13.0. The molecule has 1 saturated heterocycles. The topological polar surface area (TPSA) is 119 Å². The van der Waals surface area contributed by atoms with Crippen LogP contribution in [0.1, 0.15) is 37.7 Å². The van der Waals surface area contributed by atoms with Gasteiger partial charge in [0.15, 0.2) is 0 Å². The lowest BCUT2D eigenvalue weighted by molar-refractivity contribution is -0.140. The van der Waals surface area contributed by atoms with Gasteiger partial charge in [-0.25, -0.2) is 4.98 Å². The molecule has 1 atom stereocenters. The minimum atomic E-state index is -0.905. The number of aliphatic carboxylic acids is 1. The number of rotatable bonds is 6. The van der Waals surface area contributed by atoms with Crippen LogP contribution in [0.15, 0.2) is 36.5 Å². The molecule has 0 radical (unpaired) electrons. The number of amides is 1. The summed E-state index contributed by atoms with van der Waals surface area (Å²) in [5.41, 5.74) is -0.114. The first-order valence-corrected chi connectivity index (χ1v) is 10.2. The van der Waals surface area contributed by atoms with Crippen molar-refractivity contribution in [3.63, 3.8) is 0 Å². The molecule has 0 spiro atoms. The number of carboxylic acids is 1. The largest absolute Gasteiger partial charge is 0.481 e. The highest BCUT2D eigenvalue weighted by molar-refractivity contribution is 6.01. The van der Waals surface area contributed by atoms with Crippen LogP contribution in [0, 0.1) is 22.7 Å². The van der Waals surface area contributed by atoms with E-state index < -0.39 is 16.8 Å². The summed E-state index contributed by atoms with van der Waals surface area (Å²) in [6.45, 7) is 0.477. The first-order valence-electron chi connectivity index (χ1n) is 10.2. The van der Waals surface area contributed by atoms with Gasteiger partial charge in [-0.3, -0.25) is 14.5 Å². The number of anilines is 3. The highest BCUT2D eigenvalue weighted by atomic mass is 16.4. The van der Waals surface area contributed by atoms with E-state index in [1.165, 1.54) is 0 Å². The standard InChI is InChI=1S/C22H21N5O3/c23-13-22(15-1-2-15)10-12-27(18(22)28)17-7-11-24-20(26-17)25-16-5-3-14(4-6-16)21(8-9-21)19(29)30/h3-7,11,15H,1-2,8-10,12H2,(H,29,30)(H,24,25,26)/t22-/m1/s1. The van der Waals surface area contributed by atoms with E-state index in [-0.39, 0.29) is 11.8 Å². The first kappa shape index (κ1) is 18.6. The molecule has 5 rings (SSSR count). The normalized spacial score (nSPS) is 24.4. The Morgan fingerprint density at radius 3 is 2.53 bits per heavy atom. The zero-order valence-corrected chi connectivity index (χ0v) is 16.3. The van der Waals surface area contributed by atoms with Crippen molar-refractivity contribution in [3.05, 3.63) is 42.1 Å². The number of nitrogens with one attached hydrogen (secondary N) is 1. The number of carbonyl (C=O) groups excluding carboxylic acids is 1. The average molecular weight is 403 g/mol. The smallest absolute Gasteiger partial charge is 0.314 e. The molecule has 2 N–H and O–H groups in total. The fourth-order valence-corrected chi connectivity index (χ4v) is 4.42. The van der Waals surface area contributed by atoms with Crippen molar-refractivity contribution in [1.82, 2.24) is 9.97 Å². The number of benzene rings is 1. The van der Waals surface area contributed by atoms with E-state index >= 15 is 0 Å². The molecule has 1 aromatic carbocycles. The maximum atomic E-state index is 13.0. The quantitative estimate of drug-likeness (QED) is 0.761. The van der Waals surface area contributed by atoms with Crippen LogP contribution in [0.3, 0.4) is 0 Å². The van der Waals surface area contributed by atoms with Gasteiger partial charge in [0.2, 0.25) is 11.9 Å². The molecular formula is C22H21N5O3. The van der Waals surface area contributed by atoms with Crippen molar-refractivity contribution < 1.29 is 14.7 Å². The number of carboxylic acid groups (broad SMARTS) is 1. The Kier molecular flexibility index (Phi) is 4.03. The third-order valence-corrected chi connectivity index (χ3v) is 6.60. The summed E-state index contributed by atoms with van der Waals surface area (Å²) in [5, 5.41) is 22.2. The van der Waals surface area contributed by atoms with E-state index in [4.69, 9.17) is 0 Å². The van der Waals surface area contributed by atoms with E-state index in [1.807, 2.05) is 24.3 Å². The molecule has 8 heteroatoms. The SMILES string of the molecule is N#C[C@@]1(C2CC2)CCN(c2ccnc(Nc3ccc(C4(C(=O)O)CC4)cc3)n2)C1=O. The zero-order valence-electron chi connectivity index (χ0n) is 16.3. The van der Waals surface area contributed by atoms with E-state index in [2.05, 4.69) is 21.4 Å². The van der Waals surface area contributed by atoms with Gasteiger partial charge in [-0.05, 0) is 61.8 Å². The highest BCUT2D eigenvalue weighted by Crippen LogP contribution is 2.52. The highest BCUT2D eigenvalue weighted by Gasteiger charge is 2.57. The molecule has 30 heavy (non-hydrogen) atoms. The minimum absolute atomic E-state index is 0.162. The van der Waals surface area contributed by atoms with Crippen molar-refractivity contribution in [1.29, 1.82) is 5.26 Å². The summed E-state index contributed by atoms with van der Waals surface area (Å²) in [4.78, 5) is 34.7. The lowest BCUT2D eigenvalue weighted by atomic mass is 9.83. The minimum Gasteiger partial charge on any atom is -0.481 e. The molecule has 152 valence electrons. The first-order chi connectivity index (χ1) is 14.5. The molecule has 1 aromatic heterocycles. The number of nitriles is 1. The third kappa shape index (κ3) is 2.81. The van der Waals surface area contributed by atoms with Gasteiger partial charge in [-0.2, -0.15) is 10.2 Å². The Balaban J connectivity index is 1.33. The van der Waals surface area contributed by atoms with Gasteiger partial charge in [0.05, 0.1) is 11.5 Å². The van der Waals surface area contributed by atoms with Gasteiger partial charge in [0, 0.05) is 18.4 Å². The fraction of sp³-hybridized carbons (Fsp3) is 0.409. The average Bonchev–Trinajstić information content (AvgIpc) is 3.67. The van der Waals surface area contributed by atoms with Crippen molar-refractivity contribution >= 4 is 29.3 Å². The summed E-state index contributed by atoms with van der Waals surface area (Å²) in [6, 6.07) is 11.2. The summed E-state index contributed by atoms with van der Waals surface area (Å²) in [7, 11) is 0. The van der Waals surface area contributed by atoms with E-state index in [1.54, 1.807) is 17.2 Å². The summed E-state index contributed by atoms with van der Waals surface area (Å²) < 4.78 is 0. The maximum Gasteiger partial charge on any atom is 0.314 e. The molecule has 2 saturated carbocycles. The Morgan fingerprint density at radius 2 is 1.93 bits per heavy atom. The third-order valence-electron chi connectivity index (χ3n) is 6.60. The van der Waals surface area contributed by atoms with Gasteiger partial charge in [-0.15, -0.1) is 0 Å². The molecular weight excluding hydrogens is 382 g/mol. The van der Waals surface area contributed by atoms with Crippen LogP contribution >= 0.6 is 0 Å². The van der Waals surface area contributed by atoms with Gasteiger partial charge in [0.25, 0.3) is 0 Å². The van der Waals surface area contributed by atoms with E-state index in [9.17, 15) is 20.0 Å². The van der Waals surface area contributed by atoms with Crippen LogP contribution in [0.4, 0.5) is 17.5 Å². The van der Waals surface area contributed by atoms with E-state index in [0.717, 1.165) is 24.1 Å². The van der Waals surface area contributed by atoms with Crippen LogP contribution in [-0.4, -0.2) is 33.5 Å². The van der Waals surface area contributed by atoms with Gasteiger partial charge in [0.1, 0.15) is 11.2 Å². The second-order valence-corrected chi connectivity index (χ2v) is 8.39.